The van der Waals surface area contributed by atoms with E-state index in [1.54, 1.807) is 54.7 Å². The third-order valence-electron chi connectivity index (χ3n) is 4.31. The average Bonchev–Trinajstić information content (AvgIpc) is 2.83. The van der Waals surface area contributed by atoms with E-state index in [0.717, 1.165) is 0 Å². The zero-order valence-corrected chi connectivity index (χ0v) is 18.3. The number of rotatable bonds is 8. The van der Waals surface area contributed by atoms with Crippen molar-refractivity contribution in [3.05, 3.63) is 102 Å². The lowest BCUT2D eigenvalue weighted by atomic mass is 10.2. The van der Waals surface area contributed by atoms with Gasteiger partial charge in [-0.05, 0) is 42.5 Å². The van der Waals surface area contributed by atoms with Crippen LogP contribution in [0.2, 0.25) is 5.02 Å². The summed E-state index contributed by atoms with van der Waals surface area (Å²) in [4.78, 5) is 24.5. The van der Waals surface area contributed by atoms with Crippen molar-refractivity contribution in [2.45, 2.75) is 0 Å². The SMILES string of the molecule is O=C(C=COc1ccccn1)Nc1cccc(Nc2cc(Nc3ccc(F)c(Cl)c3)ncn2)c1. The monoisotopic (exact) mass is 476 g/mol. The Morgan fingerprint density at radius 1 is 0.882 bits per heavy atom. The Balaban J connectivity index is 1.37. The van der Waals surface area contributed by atoms with E-state index in [1.165, 1.54) is 30.8 Å². The summed E-state index contributed by atoms with van der Waals surface area (Å²) in [5, 5.41) is 8.96. The van der Waals surface area contributed by atoms with Crippen LogP contribution in [0, 0.1) is 5.82 Å². The first kappa shape index (κ1) is 22.7. The summed E-state index contributed by atoms with van der Waals surface area (Å²) < 4.78 is 18.6. The molecule has 0 aliphatic carbocycles. The van der Waals surface area contributed by atoms with Gasteiger partial charge in [-0.2, -0.15) is 0 Å². The van der Waals surface area contributed by atoms with Crippen LogP contribution in [0.1, 0.15) is 0 Å². The molecule has 0 saturated heterocycles. The van der Waals surface area contributed by atoms with Crippen molar-refractivity contribution in [3.8, 4) is 5.88 Å². The van der Waals surface area contributed by atoms with Crippen LogP contribution in [-0.2, 0) is 4.79 Å². The summed E-state index contributed by atoms with van der Waals surface area (Å²) in [6.45, 7) is 0. The second-order valence-electron chi connectivity index (χ2n) is 6.83. The highest BCUT2D eigenvalue weighted by Crippen LogP contribution is 2.24. The number of pyridine rings is 1. The van der Waals surface area contributed by atoms with Crippen molar-refractivity contribution >= 4 is 46.2 Å². The molecule has 4 aromatic rings. The molecule has 3 N–H and O–H groups in total. The van der Waals surface area contributed by atoms with Crippen molar-refractivity contribution in [1.29, 1.82) is 0 Å². The molecular weight excluding hydrogens is 459 g/mol. The fourth-order valence-electron chi connectivity index (χ4n) is 2.80. The van der Waals surface area contributed by atoms with Crippen LogP contribution < -0.4 is 20.7 Å². The van der Waals surface area contributed by atoms with Gasteiger partial charge in [0.25, 0.3) is 5.91 Å². The molecule has 4 rings (SSSR count). The molecule has 0 saturated carbocycles. The molecule has 0 atom stereocenters. The van der Waals surface area contributed by atoms with Crippen LogP contribution in [0.25, 0.3) is 0 Å². The number of aromatic nitrogens is 3. The fraction of sp³-hybridized carbons (Fsp3) is 0. The highest BCUT2D eigenvalue weighted by Gasteiger charge is 2.05. The van der Waals surface area contributed by atoms with Gasteiger partial charge in [-0.1, -0.05) is 23.7 Å². The molecule has 1 amide bonds. The number of carbonyl (C=O) groups excluding carboxylic acids is 1. The highest BCUT2D eigenvalue weighted by atomic mass is 35.5. The number of nitrogens with one attached hydrogen (secondary N) is 3. The lowest BCUT2D eigenvalue weighted by molar-refractivity contribution is -0.112. The van der Waals surface area contributed by atoms with Gasteiger partial charge in [0.1, 0.15) is 23.8 Å². The standard InChI is InChI=1S/C24H18ClFN6O2/c25-19-13-18(7-8-20(19)26)31-22-14-21(28-15-29-22)30-16-4-3-5-17(12-16)32-23(33)9-11-34-24-6-1-2-10-27-24/h1-15H,(H,32,33)(H2,28,29,30,31). The fourth-order valence-corrected chi connectivity index (χ4v) is 2.99. The largest absolute Gasteiger partial charge is 0.447 e. The van der Waals surface area contributed by atoms with E-state index in [2.05, 4.69) is 30.9 Å². The van der Waals surface area contributed by atoms with Gasteiger partial charge < -0.3 is 20.7 Å². The third-order valence-corrected chi connectivity index (χ3v) is 4.60. The smallest absolute Gasteiger partial charge is 0.251 e. The Bertz CT molecular complexity index is 1320. The normalized spacial score (nSPS) is 10.6. The molecule has 2 aromatic carbocycles. The number of amides is 1. The van der Waals surface area contributed by atoms with E-state index in [4.69, 9.17) is 16.3 Å². The lowest BCUT2D eigenvalue weighted by Gasteiger charge is -2.10. The number of benzene rings is 2. The molecule has 0 unspecified atom stereocenters. The summed E-state index contributed by atoms with van der Waals surface area (Å²) >= 11 is 5.82. The van der Waals surface area contributed by atoms with E-state index in [-0.39, 0.29) is 10.9 Å². The van der Waals surface area contributed by atoms with Gasteiger partial charge in [-0.15, -0.1) is 0 Å². The van der Waals surface area contributed by atoms with Crippen LogP contribution in [0.15, 0.2) is 91.6 Å². The summed E-state index contributed by atoms with van der Waals surface area (Å²) in [5.41, 5.74) is 1.85. The molecule has 2 heterocycles. The number of halogens is 2. The summed E-state index contributed by atoms with van der Waals surface area (Å²) in [6, 6.07) is 18.3. The first-order chi connectivity index (χ1) is 16.5. The topological polar surface area (TPSA) is 101 Å². The molecule has 8 nitrogen and oxygen atoms in total. The van der Waals surface area contributed by atoms with E-state index in [9.17, 15) is 9.18 Å². The third kappa shape index (κ3) is 6.50. The van der Waals surface area contributed by atoms with Gasteiger partial charge in [0.2, 0.25) is 5.88 Å². The molecule has 0 fully saturated rings. The summed E-state index contributed by atoms with van der Waals surface area (Å²) in [7, 11) is 0. The average molecular weight is 477 g/mol. The summed E-state index contributed by atoms with van der Waals surface area (Å²) in [5.74, 6) is 0.527. The molecule has 0 bridgehead atoms. The Morgan fingerprint density at radius 3 is 2.38 bits per heavy atom. The zero-order valence-electron chi connectivity index (χ0n) is 17.6. The lowest BCUT2D eigenvalue weighted by Crippen LogP contribution is -2.08. The second kappa shape index (κ2) is 10.9. The number of hydrogen-bond acceptors (Lipinski definition) is 7. The maximum absolute atomic E-state index is 13.4. The van der Waals surface area contributed by atoms with E-state index < -0.39 is 5.82 Å². The minimum absolute atomic E-state index is 0.00871. The maximum atomic E-state index is 13.4. The number of hydrogen-bond donors (Lipinski definition) is 3. The van der Waals surface area contributed by atoms with Crippen LogP contribution in [0.5, 0.6) is 5.88 Å². The molecule has 0 radical (unpaired) electrons. The Labute approximate surface area is 199 Å². The van der Waals surface area contributed by atoms with Gasteiger partial charge in [0.05, 0.1) is 11.3 Å². The van der Waals surface area contributed by atoms with Crippen molar-refractivity contribution in [1.82, 2.24) is 15.0 Å². The molecular formula is C24H18ClFN6O2. The maximum Gasteiger partial charge on any atom is 0.251 e. The summed E-state index contributed by atoms with van der Waals surface area (Å²) in [6.07, 6.45) is 5.51. The van der Waals surface area contributed by atoms with Gasteiger partial charge in [-0.25, -0.2) is 19.3 Å². The van der Waals surface area contributed by atoms with Crippen LogP contribution in [-0.4, -0.2) is 20.9 Å². The highest BCUT2D eigenvalue weighted by molar-refractivity contribution is 6.31. The first-order valence-electron chi connectivity index (χ1n) is 10.0. The zero-order chi connectivity index (χ0) is 23.8. The number of carbonyl (C=O) groups is 1. The molecule has 34 heavy (non-hydrogen) atoms. The molecule has 170 valence electrons. The molecule has 10 heteroatoms. The molecule has 0 spiro atoms. The second-order valence-corrected chi connectivity index (χ2v) is 7.23. The minimum Gasteiger partial charge on any atom is -0.447 e. The van der Waals surface area contributed by atoms with E-state index in [1.807, 2.05) is 6.07 Å². The number of anilines is 5. The van der Waals surface area contributed by atoms with Crippen molar-refractivity contribution in [2.75, 3.05) is 16.0 Å². The van der Waals surface area contributed by atoms with Crippen molar-refractivity contribution in [2.24, 2.45) is 0 Å². The number of ether oxygens (including phenoxy) is 1. The number of nitrogens with zero attached hydrogens (tertiary/aromatic N) is 3. The van der Waals surface area contributed by atoms with E-state index in [0.29, 0.717) is 34.6 Å². The Morgan fingerprint density at radius 2 is 1.65 bits per heavy atom. The molecule has 0 aliphatic rings. The minimum atomic E-state index is -0.500. The Kier molecular flexibility index (Phi) is 7.26. The predicted octanol–water partition coefficient (Wildman–Crippen LogP) is 5.68. The van der Waals surface area contributed by atoms with Gasteiger partial charge in [0.15, 0.2) is 0 Å². The van der Waals surface area contributed by atoms with Crippen molar-refractivity contribution in [3.63, 3.8) is 0 Å². The quantitative estimate of drug-likeness (QED) is 0.222. The predicted molar refractivity (Wildman–Crippen MR) is 129 cm³/mol. The first-order valence-corrected chi connectivity index (χ1v) is 10.4. The Hall–Kier alpha value is -4.50. The van der Waals surface area contributed by atoms with Gasteiger partial charge >= 0.3 is 0 Å². The van der Waals surface area contributed by atoms with E-state index >= 15 is 0 Å². The van der Waals surface area contributed by atoms with Crippen LogP contribution in [0.3, 0.4) is 0 Å². The van der Waals surface area contributed by atoms with Gasteiger partial charge in [-0.3, -0.25) is 4.79 Å². The van der Waals surface area contributed by atoms with Crippen LogP contribution in [0.4, 0.5) is 33.1 Å². The molecule has 2 aromatic heterocycles. The van der Waals surface area contributed by atoms with Crippen LogP contribution >= 0.6 is 11.6 Å². The molecule has 0 aliphatic heterocycles. The van der Waals surface area contributed by atoms with Gasteiger partial charge in [0, 0.05) is 41.5 Å². The van der Waals surface area contributed by atoms with Crippen molar-refractivity contribution < 1.29 is 13.9 Å².